The number of hydrogen-bond acceptors (Lipinski definition) is 2. The minimum absolute atomic E-state index is 0.544. The monoisotopic (exact) mass is 226 g/mol. The molecule has 1 N–H and O–H groups in total. The molecule has 2 rings (SSSR count). The lowest BCUT2D eigenvalue weighted by molar-refractivity contribution is 0.867. The number of aromatic nitrogens is 1. The Labute approximate surface area is 103 Å². The molecule has 0 bridgehead atoms. The van der Waals surface area contributed by atoms with Gasteiger partial charge in [-0.3, -0.25) is 0 Å². The van der Waals surface area contributed by atoms with Crippen molar-refractivity contribution in [2.75, 3.05) is 5.32 Å². The Morgan fingerprint density at radius 3 is 2.59 bits per heavy atom. The van der Waals surface area contributed by atoms with Crippen molar-refractivity contribution >= 4 is 11.5 Å². The van der Waals surface area contributed by atoms with Gasteiger partial charge in [0.1, 0.15) is 5.82 Å². The number of pyridine rings is 1. The van der Waals surface area contributed by atoms with Crippen LogP contribution in [0, 0.1) is 6.92 Å². The number of benzene rings is 1. The van der Waals surface area contributed by atoms with Gasteiger partial charge in [-0.1, -0.05) is 32.0 Å². The lowest BCUT2D eigenvalue weighted by Crippen LogP contribution is -1.95. The van der Waals surface area contributed by atoms with Gasteiger partial charge in [-0.15, -0.1) is 0 Å². The van der Waals surface area contributed by atoms with E-state index in [0.717, 1.165) is 11.5 Å². The summed E-state index contributed by atoms with van der Waals surface area (Å²) in [6.07, 6.45) is 1.87. The van der Waals surface area contributed by atoms with Crippen molar-refractivity contribution in [2.45, 2.75) is 26.7 Å². The molecule has 17 heavy (non-hydrogen) atoms. The van der Waals surface area contributed by atoms with Crippen molar-refractivity contribution in [3.05, 3.63) is 53.7 Å². The molecule has 2 heteroatoms. The summed E-state index contributed by atoms with van der Waals surface area (Å²) in [7, 11) is 0. The molecule has 2 aromatic rings. The summed E-state index contributed by atoms with van der Waals surface area (Å²) in [5, 5.41) is 3.32. The van der Waals surface area contributed by atoms with Crippen molar-refractivity contribution in [1.82, 2.24) is 4.98 Å². The van der Waals surface area contributed by atoms with E-state index in [-0.39, 0.29) is 0 Å². The van der Waals surface area contributed by atoms with E-state index in [1.165, 1.54) is 11.1 Å². The topological polar surface area (TPSA) is 24.9 Å². The van der Waals surface area contributed by atoms with Gasteiger partial charge < -0.3 is 5.32 Å². The van der Waals surface area contributed by atoms with E-state index in [2.05, 4.69) is 54.5 Å². The minimum atomic E-state index is 0.544. The van der Waals surface area contributed by atoms with Crippen LogP contribution < -0.4 is 5.32 Å². The standard InChI is InChI=1S/C15H18N2/c1-11(2)13-5-4-6-14(9-13)17-15-8-7-12(3)10-16-15/h4-11H,1-3H3,(H,16,17). The normalized spacial score (nSPS) is 10.6. The van der Waals surface area contributed by atoms with Gasteiger partial charge >= 0.3 is 0 Å². The van der Waals surface area contributed by atoms with Gasteiger partial charge in [0.15, 0.2) is 0 Å². The van der Waals surface area contributed by atoms with E-state index in [1.807, 2.05) is 19.2 Å². The Balaban J connectivity index is 2.18. The van der Waals surface area contributed by atoms with Crippen molar-refractivity contribution in [2.24, 2.45) is 0 Å². The maximum atomic E-state index is 4.34. The maximum Gasteiger partial charge on any atom is 0.130 e. The van der Waals surface area contributed by atoms with E-state index in [9.17, 15) is 0 Å². The molecule has 0 atom stereocenters. The average molecular weight is 226 g/mol. The zero-order valence-electron chi connectivity index (χ0n) is 10.6. The Bertz CT molecular complexity index is 487. The largest absolute Gasteiger partial charge is 0.340 e. The van der Waals surface area contributed by atoms with E-state index in [1.54, 1.807) is 0 Å². The van der Waals surface area contributed by atoms with Crippen LogP contribution in [0.5, 0.6) is 0 Å². The van der Waals surface area contributed by atoms with Crippen molar-refractivity contribution < 1.29 is 0 Å². The number of rotatable bonds is 3. The van der Waals surface area contributed by atoms with Crippen LogP contribution in [0.25, 0.3) is 0 Å². The Kier molecular flexibility index (Phi) is 3.43. The molecule has 0 radical (unpaired) electrons. The smallest absolute Gasteiger partial charge is 0.130 e. The van der Waals surface area contributed by atoms with Crippen molar-refractivity contribution in [3.63, 3.8) is 0 Å². The lowest BCUT2D eigenvalue weighted by atomic mass is 10.0. The molecule has 2 nitrogen and oxygen atoms in total. The Morgan fingerprint density at radius 2 is 1.94 bits per heavy atom. The molecular formula is C15H18N2. The quantitative estimate of drug-likeness (QED) is 0.846. The molecule has 88 valence electrons. The van der Waals surface area contributed by atoms with E-state index < -0.39 is 0 Å². The molecule has 0 aliphatic rings. The fourth-order valence-electron chi connectivity index (χ4n) is 1.67. The van der Waals surface area contributed by atoms with Gasteiger partial charge in [-0.05, 0) is 42.2 Å². The fourth-order valence-corrected chi connectivity index (χ4v) is 1.67. The Hall–Kier alpha value is -1.83. The van der Waals surface area contributed by atoms with Gasteiger partial charge in [-0.2, -0.15) is 0 Å². The van der Waals surface area contributed by atoms with E-state index in [4.69, 9.17) is 0 Å². The van der Waals surface area contributed by atoms with E-state index >= 15 is 0 Å². The number of nitrogens with one attached hydrogen (secondary N) is 1. The number of anilines is 2. The summed E-state index contributed by atoms with van der Waals surface area (Å²) in [6.45, 7) is 6.43. The number of hydrogen-bond donors (Lipinski definition) is 1. The SMILES string of the molecule is Cc1ccc(Nc2cccc(C(C)C)c2)nc1. The van der Waals surface area contributed by atoms with Crippen LogP contribution in [0.1, 0.15) is 30.9 Å². The molecule has 0 spiro atoms. The minimum Gasteiger partial charge on any atom is -0.340 e. The maximum absolute atomic E-state index is 4.34. The molecule has 0 aliphatic carbocycles. The zero-order chi connectivity index (χ0) is 12.3. The van der Waals surface area contributed by atoms with Crippen LogP contribution >= 0.6 is 0 Å². The van der Waals surface area contributed by atoms with Gasteiger partial charge in [0.2, 0.25) is 0 Å². The summed E-state index contributed by atoms with van der Waals surface area (Å²) in [4.78, 5) is 4.34. The van der Waals surface area contributed by atoms with Crippen LogP contribution in [0.4, 0.5) is 11.5 Å². The van der Waals surface area contributed by atoms with Crippen LogP contribution in [0.3, 0.4) is 0 Å². The number of nitrogens with zero attached hydrogens (tertiary/aromatic N) is 1. The van der Waals surface area contributed by atoms with Crippen LogP contribution in [0.15, 0.2) is 42.6 Å². The van der Waals surface area contributed by atoms with Crippen LogP contribution in [-0.2, 0) is 0 Å². The highest BCUT2D eigenvalue weighted by Crippen LogP contribution is 2.20. The molecule has 1 aromatic heterocycles. The molecule has 0 aliphatic heterocycles. The first-order chi connectivity index (χ1) is 8.15. The second-order valence-electron chi connectivity index (χ2n) is 4.63. The summed E-state index contributed by atoms with van der Waals surface area (Å²) >= 11 is 0. The third-order valence-corrected chi connectivity index (χ3v) is 2.74. The molecule has 0 fully saturated rings. The molecule has 0 saturated carbocycles. The molecule has 0 amide bonds. The lowest BCUT2D eigenvalue weighted by Gasteiger charge is -2.09. The van der Waals surface area contributed by atoms with Gasteiger partial charge in [-0.25, -0.2) is 4.98 Å². The van der Waals surface area contributed by atoms with Gasteiger partial charge in [0.05, 0.1) is 0 Å². The van der Waals surface area contributed by atoms with E-state index in [0.29, 0.717) is 5.92 Å². The molecular weight excluding hydrogens is 208 g/mol. The van der Waals surface area contributed by atoms with Crippen LogP contribution in [0.2, 0.25) is 0 Å². The third-order valence-electron chi connectivity index (χ3n) is 2.74. The molecule has 1 aromatic carbocycles. The highest BCUT2D eigenvalue weighted by molar-refractivity contribution is 5.57. The summed E-state index contributed by atoms with van der Waals surface area (Å²) in [5.74, 6) is 1.43. The average Bonchev–Trinajstić information content (AvgIpc) is 2.32. The first-order valence-electron chi connectivity index (χ1n) is 5.95. The highest BCUT2D eigenvalue weighted by atomic mass is 15.0. The second kappa shape index (κ2) is 5.00. The molecule has 0 saturated heterocycles. The van der Waals surface area contributed by atoms with Crippen molar-refractivity contribution in [3.8, 4) is 0 Å². The fraction of sp³-hybridized carbons (Fsp3) is 0.267. The second-order valence-corrected chi connectivity index (χ2v) is 4.63. The third kappa shape index (κ3) is 3.06. The molecule has 1 heterocycles. The Morgan fingerprint density at radius 1 is 1.12 bits per heavy atom. The van der Waals surface area contributed by atoms with Crippen molar-refractivity contribution in [1.29, 1.82) is 0 Å². The highest BCUT2D eigenvalue weighted by Gasteiger charge is 2.01. The van der Waals surface area contributed by atoms with Gasteiger partial charge in [0.25, 0.3) is 0 Å². The predicted octanol–water partition coefficient (Wildman–Crippen LogP) is 4.26. The first kappa shape index (κ1) is 11.6. The molecule has 0 unspecified atom stereocenters. The van der Waals surface area contributed by atoms with Gasteiger partial charge in [0, 0.05) is 11.9 Å². The predicted molar refractivity (Wildman–Crippen MR) is 72.8 cm³/mol. The zero-order valence-corrected chi connectivity index (χ0v) is 10.6. The summed E-state index contributed by atoms with van der Waals surface area (Å²) in [6, 6.07) is 12.5. The first-order valence-corrected chi connectivity index (χ1v) is 5.95. The van der Waals surface area contributed by atoms with Crippen LogP contribution in [-0.4, -0.2) is 4.98 Å². The number of aryl methyl sites for hydroxylation is 1. The summed E-state index contributed by atoms with van der Waals surface area (Å²) < 4.78 is 0. The summed E-state index contributed by atoms with van der Waals surface area (Å²) in [5.41, 5.74) is 3.60.